The van der Waals surface area contributed by atoms with Crippen molar-refractivity contribution in [3.05, 3.63) is 68.3 Å². The van der Waals surface area contributed by atoms with Crippen LogP contribution in [0.2, 0.25) is 10.0 Å². The minimum absolute atomic E-state index is 0.0630. The summed E-state index contributed by atoms with van der Waals surface area (Å²) in [5.74, 6) is -0.0630. The quantitative estimate of drug-likeness (QED) is 0.575. The molecule has 1 spiro atoms. The van der Waals surface area contributed by atoms with Crippen LogP contribution in [0.25, 0.3) is 10.9 Å². The van der Waals surface area contributed by atoms with Gasteiger partial charge in [-0.15, -0.1) is 0 Å². The number of ether oxygens (including phenoxy) is 1. The van der Waals surface area contributed by atoms with Gasteiger partial charge in [0.05, 0.1) is 40.8 Å². The number of amides is 1. The van der Waals surface area contributed by atoms with Crippen LogP contribution in [0.15, 0.2) is 30.3 Å². The topological polar surface area (TPSA) is 58.3 Å². The summed E-state index contributed by atoms with van der Waals surface area (Å²) >= 11 is 13.2. The fourth-order valence-corrected chi connectivity index (χ4v) is 5.24. The molecule has 3 aromatic rings. The van der Waals surface area contributed by atoms with E-state index in [1.54, 1.807) is 12.1 Å². The predicted molar refractivity (Wildman–Crippen MR) is 121 cm³/mol. The van der Waals surface area contributed by atoms with Crippen LogP contribution in [0, 0.1) is 23.7 Å². The van der Waals surface area contributed by atoms with Gasteiger partial charge < -0.3 is 14.2 Å². The van der Waals surface area contributed by atoms with Gasteiger partial charge in [-0.2, -0.15) is 5.26 Å². The molecule has 0 atom stereocenters. The van der Waals surface area contributed by atoms with Crippen LogP contribution in [0.5, 0.6) is 0 Å². The van der Waals surface area contributed by atoms with Crippen LogP contribution in [-0.2, 0) is 18.2 Å². The van der Waals surface area contributed by atoms with Gasteiger partial charge in [-0.25, -0.2) is 0 Å². The molecule has 2 aromatic carbocycles. The second-order valence-electron chi connectivity index (χ2n) is 8.75. The van der Waals surface area contributed by atoms with Crippen molar-refractivity contribution < 1.29 is 9.53 Å². The lowest BCUT2D eigenvalue weighted by Gasteiger charge is -2.55. The lowest BCUT2D eigenvalue weighted by Crippen LogP contribution is -2.67. The molecule has 0 N–H and O–H groups in total. The maximum atomic E-state index is 13.0. The largest absolute Gasteiger partial charge is 0.380 e. The summed E-state index contributed by atoms with van der Waals surface area (Å²) in [6, 6.07) is 11.6. The third-order valence-electron chi connectivity index (χ3n) is 6.53. The maximum Gasteiger partial charge on any atom is 0.255 e. The first-order chi connectivity index (χ1) is 14.8. The van der Waals surface area contributed by atoms with Gasteiger partial charge >= 0.3 is 0 Å². The smallest absolute Gasteiger partial charge is 0.255 e. The zero-order chi connectivity index (χ0) is 21.9. The second kappa shape index (κ2) is 7.27. The number of carbonyl (C=O) groups is 1. The molecule has 0 saturated carbocycles. The minimum Gasteiger partial charge on any atom is -0.380 e. The number of fused-ring (bicyclic) bond motifs is 1. The Labute approximate surface area is 190 Å². The number of aromatic nitrogens is 1. The highest BCUT2D eigenvalue weighted by Crippen LogP contribution is 2.40. The zero-order valence-electron chi connectivity index (χ0n) is 17.3. The molecule has 0 radical (unpaired) electrons. The van der Waals surface area contributed by atoms with Crippen molar-refractivity contribution in [3.63, 3.8) is 0 Å². The fraction of sp³-hybridized carbons (Fsp3) is 0.333. The van der Waals surface area contributed by atoms with Crippen molar-refractivity contribution in [3.8, 4) is 6.07 Å². The van der Waals surface area contributed by atoms with Crippen molar-refractivity contribution in [2.24, 2.45) is 12.5 Å². The molecule has 0 bridgehead atoms. The van der Waals surface area contributed by atoms with E-state index >= 15 is 0 Å². The number of halogens is 2. The number of benzene rings is 2. The van der Waals surface area contributed by atoms with Crippen LogP contribution in [-0.4, -0.2) is 41.7 Å². The number of nitriles is 1. The molecule has 158 valence electrons. The van der Waals surface area contributed by atoms with Gasteiger partial charge in [-0.3, -0.25) is 4.79 Å². The summed E-state index contributed by atoms with van der Waals surface area (Å²) in [5, 5.41) is 11.3. The number of carbonyl (C=O) groups excluding carboxylic acids is 1. The molecule has 5 nitrogen and oxygen atoms in total. The molecule has 5 rings (SSSR count). The van der Waals surface area contributed by atoms with Crippen molar-refractivity contribution in [2.45, 2.75) is 13.3 Å². The highest BCUT2D eigenvalue weighted by molar-refractivity contribution is 6.38. The molecule has 7 heteroatoms. The Morgan fingerprint density at radius 2 is 1.97 bits per heavy atom. The average Bonchev–Trinajstić information content (AvgIpc) is 2.99. The van der Waals surface area contributed by atoms with Crippen LogP contribution < -0.4 is 0 Å². The predicted octanol–water partition coefficient (Wildman–Crippen LogP) is 4.73. The number of aryl methyl sites for hydroxylation is 2. The van der Waals surface area contributed by atoms with Gasteiger partial charge in [0.25, 0.3) is 5.91 Å². The molecule has 31 heavy (non-hydrogen) atoms. The van der Waals surface area contributed by atoms with E-state index in [4.69, 9.17) is 27.9 Å². The minimum atomic E-state index is -0.0630. The Balaban J connectivity index is 1.48. The molecular weight excluding hydrogens is 433 g/mol. The van der Waals surface area contributed by atoms with E-state index in [2.05, 4.69) is 16.7 Å². The number of rotatable bonds is 3. The number of hydrogen-bond acceptors (Lipinski definition) is 3. The second-order valence-corrected chi connectivity index (χ2v) is 9.54. The summed E-state index contributed by atoms with van der Waals surface area (Å²) in [4.78, 5) is 14.9. The van der Waals surface area contributed by atoms with Crippen LogP contribution in [0.4, 0.5) is 0 Å². The summed E-state index contributed by atoms with van der Waals surface area (Å²) in [5.41, 5.74) is 5.05. The average molecular weight is 454 g/mol. The molecule has 3 heterocycles. The Hall–Kier alpha value is -2.52. The lowest BCUT2D eigenvalue weighted by atomic mass is 9.77. The van der Waals surface area contributed by atoms with Crippen molar-refractivity contribution in [2.75, 3.05) is 26.3 Å². The highest BCUT2D eigenvalue weighted by Gasteiger charge is 2.50. The van der Waals surface area contributed by atoms with Gasteiger partial charge in [0.15, 0.2) is 0 Å². The number of likely N-dealkylation sites (tertiary alicyclic amines) is 1. The Kier molecular flexibility index (Phi) is 4.78. The zero-order valence-corrected chi connectivity index (χ0v) is 18.8. The molecule has 1 amide bonds. The summed E-state index contributed by atoms with van der Waals surface area (Å²) in [6.07, 6.45) is 0.489. The van der Waals surface area contributed by atoms with Crippen LogP contribution in [0.1, 0.15) is 32.7 Å². The van der Waals surface area contributed by atoms with Gasteiger partial charge in [0.2, 0.25) is 0 Å². The standard InChI is InChI=1S/C24H21Cl2N3O2/c1-14-5-15(9-27)6-21-18(14)7-16(28(21)2)8-19-20(25)4-3-17(22(19)26)23(30)29-10-24(11-29)12-31-13-24/h3-7H,8,10-13H2,1-2H3. The first kappa shape index (κ1) is 20.4. The molecule has 2 aliphatic heterocycles. The van der Waals surface area contributed by atoms with Crippen molar-refractivity contribution in [1.82, 2.24) is 9.47 Å². The number of hydrogen-bond donors (Lipinski definition) is 0. The summed E-state index contributed by atoms with van der Waals surface area (Å²) in [7, 11) is 1.97. The van der Waals surface area contributed by atoms with E-state index in [0.717, 1.165) is 40.9 Å². The first-order valence-corrected chi connectivity index (χ1v) is 10.9. The van der Waals surface area contributed by atoms with E-state index in [0.29, 0.717) is 40.7 Å². The number of nitrogens with zero attached hydrogens (tertiary/aromatic N) is 3. The molecule has 0 aliphatic carbocycles. The monoisotopic (exact) mass is 453 g/mol. The van der Waals surface area contributed by atoms with Gasteiger partial charge in [-0.1, -0.05) is 23.2 Å². The SMILES string of the molecule is Cc1cc(C#N)cc2c1cc(Cc1c(Cl)ccc(C(=O)N3CC4(COC4)C3)c1Cl)n2C. The first-order valence-electron chi connectivity index (χ1n) is 10.1. The van der Waals surface area contributed by atoms with E-state index in [1.165, 1.54) is 0 Å². The highest BCUT2D eigenvalue weighted by atomic mass is 35.5. The molecule has 1 aromatic heterocycles. The molecule has 2 saturated heterocycles. The third-order valence-corrected chi connectivity index (χ3v) is 7.31. The summed E-state index contributed by atoms with van der Waals surface area (Å²) in [6.45, 7) is 4.88. The van der Waals surface area contributed by atoms with Gasteiger partial charge in [-0.05, 0) is 48.4 Å². The third kappa shape index (κ3) is 3.22. The molecule has 0 unspecified atom stereocenters. The van der Waals surface area contributed by atoms with Crippen LogP contribution >= 0.6 is 23.2 Å². The Morgan fingerprint density at radius 1 is 1.23 bits per heavy atom. The van der Waals surface area contributed by atoms with Gasteiger partial charge in [0, 0.05) is 48.2 Å². The normalized spacial score (nSPS) is 16.8. The molecule has 2 fully saturated rings. The maximum absolute atomic E-state index is 13.0. The fourth-order valence-electron chi connectivity index (χ4n) is 4.65. The van der Waals surface area contributed by atoms with Crippen LogP contribution in [0.3, 0.4) is 0 Å². The van der Waals surface area contributed by atoms with Crippen molar-refractivity contribution in [1.29, 1.82) is 5.26 Å². The van der Waals surface area contributed by atoms with E-state index in [-0.39, 0.29) is 11.3 Å². The molecule has 2 aliphatic rings. The van der Waals surface area contributed by atoms with Crippen molar-refractivity contribution >= 4 is 40.0 Å². The van der Waals surface area contributed by atoms with E-state index in [1.807, 2.05) is 31.0 Å². The lowest BCUT2D eigenvalue weighted by molar-refractivity contribution is -0.176. The van der Waals surface area contributed by atoms with Gasteiger partial charge in [0.1, 0.15) is 0 Å². The Morgan fingerprint density at radius 3 is 2.61 bits per heavy atom. The summed E-state index contributed by atoms with van der Waals surface area (Å²) < 4.78 is 7.35. The van der Waals surface area contributed by atoms with E-state index in [9.17, 15) is 10.1 Å². The molecular formula is C24H21Cl2N3O2. The Bertz CT molecular complexity index is 1280. The van der Waals surface area contributed by atoms with E-state index < -0.39 is 0 Å².